The summed E-state index contributed by atoms with van der Waals surface area (Å²) in [5.41, 5.74) is 1.90. The zero-order chi connectivity index (χ0) is 17.5. The Morgan fingerprint density at radius 1 is 1.22 bits per heavy atom. The fraction of sp³-hybridized carbons (Fsp3) is 0.667. The first kappa shape index (κ1) is 17.6. The van der Waals surface area contributed by atoms with Gasteiger partial charge in [0.15, 0.2) is 0 Å². The summed E-state index contributed by atoms with van der Waals surface area (Å²) in [5, 5.41) is 9.64. The predicted octanol–water partition coefficient (Wildman–Crippen LogP) is 3.26. The third-order valence-electron chi connectivity index (χ3n) is 5.35. The van der Waals surface area contributed by atoms with Gasteiger partial charge < -0.3 is 14.6 Å². The van der Waals surface area contributed by atoms with Gasteiger partial charge in [-0.05, 0) is 46.1 Å². The van der Waals surface area contributed by atoms with Crippen molar-refractivity contribution < 1.29 is 14.7 Å². The summed E-state index contributed by atoms with van der Waals surface area (Å²) >= 11 is 0. The van der Waals surface area contributed by atoms with Crippen molar-refractivity contribution in [3.8, 4) is 0 Å². The maximum Gasteiger partial charge on any atom is 0.311 e. The van der Waals surface area contributed by atoms with Crippen LogP contribution < -0.4 is 0 Å². The number of rotatable bonds is 4. The molecule has 1 aliphatic rings. The van der Waals surface area contributed by atoms with E-state index >= 15 is 0 Å². The van der Waals surface area contributed by atoms with Crippen molar-refractivity contribution in [2.45, 2.75) is 54.0 Å². The average Bonchev–Trinajstić information content (AvgIpc) is 3.00. The van der Waals surface area contributed by atoms with E-state index < -0.39 is 11.4 Å². The monoisotopic (exact) mass is 320 g/mol. The molecule has 1 unspecified atom stereocenters. The highest BCUT2D eigenvalue weighted by molar-refractivity contribution is 5.96. The first-order valence-electron chi connectivity index (χ1n) is 8.33. The molecule has 5 nitrogen and oxygen atoms in total. The summed E-state index contributed by atoms with van der Waals surface area (Å²) in [7, 11) is 0. The molecule has 1 aromatic heterocycles. The number of carboxylic acids is 1. The van der Waals surface area contributed by atoms with Crippen LogP contribution in [0.5, 0.6) is 0 Å². The van der Waals surface area contributed by atoms with Crippen molar-refractivity contribution in [1.29, 1.82) is 0 Å². The zero-order valence-electron chi connectivity index (χ0n) is 15.0. The van der Waals surface area contributed by atoms with Gasteiger partial charge in [-0.2, -0.15) is 0 Å². The molecule has 1 atom stereocenters. The number of hydrogen-bond donors (Lipinski definition) is 1. The van der Waals surface area contributed by atoms with Crippen LogP contribution in [0.1, 0.15) is 61.9 Å². The Hall–Kier alpha value is -1.78. The summed E-state index contributed by atoms with van der Waals surface area (Å²) < 4.78 is 2.15. The minimum absolute atomic E-state index is 0.000829. The van der Waals surface area contributed by atoms with Crippen LogP contribution in [0.3, 0.4) is 0 Å². The summed E-state index contributed by atoms with van der Waals surface area (Å²) in [6, 6.07) is 2.22. The first-order chi connectivity index (χ1) is 10.6. The number of nitrogens with zero attached hydrogens (tertiary/aromatic N) is 2. The number of carbonyl (C=O) groups is 2. The normalized spacial score (nSPS) is 21.5. The first-order valence-corrected chi connectivity index (χ1v) is 8.33. The molecule has 1 fully saturated rings. The van der Waals surface area contributed by atoms with Crippen molar-refractivity contribution in [3.05, 3.63) is 23.0 Å². The van der Waals surface area contributed by atoms with Gasteiger partial charge in [0.2, 0.25) is 0 Å². The lowest BCUT2D eigenvalue weighted by molar-refractivity contribution is -0.150. The van der Waals surface area contributed by atoms with Crippen LogP contribution in [0, 0.1) is 25.2 Å². The molecule has 1 N–H and O–H groups in total. The molecule has 5 heteroatoms. The van der Waals surface area contributed by atoms with Crippen molar-refractivity contribution in [1.82, 2.24) is 9.47 Å². The number of aryl methyl sites for hydroxylation is 1. The standard InChI is InChI=1S/C18H28N2O3/c1-11(2)18(17(22)23)7-8-19(10-18)16(21)15-9-13(5)20(12(3)4)14(15)6/h9,11-12H,7-8,10H2,1-6H3,(H,22,23). The van der Waals surface area contributed by atoms with Gasteiger partial charge in [0, 0.05) is 30.5 Å². The number of hydrogen-bond acceptors (Lipinski definition) is 2. The molecular formula is C18H28N2O3. The molecule has 128 valence electrons. The average molecular weight is 320 g/mol. The highest BCUT2D eigenvalue weighted by atomic mass is 16.4. The van der Waals surface area contributed by atoms with E-state index in [-0.39, 0.29) is 11.8 Å². The van der Waals surface area contributed by atoms with Gasteiger partial charge in [0.05, 0.1) is 11.0 Å². The summed E-state index contributed by atoms with van der Waals surface area (Å²) in [4.78, 5) is 26.4. The van der Waals surface area contributed by atoms with Gasteiger partial charge in [-0.15, -0.1) is 0 Å². The summed E-state index contributed by atoms with van der Waals surface area (Å²) in [5.74, 6) is -0.842. The van der Waals surface area contributed by atoms with Crippen LogP contribution in [0.15, 0.2) is 6.07 Å². The highest BCUT2D eigenvalue weighted by Gasteiger charge is 2.48. The van der Waals surface area contributed by atoms with Crippen LogP contribution in [0.25, 0.3) is 0 Å². The number of aliphatic carboxylic acids is 1. The molecule has 2 rings (SSSR count). The van der Waals surface area contributed by atoms with Crippen LogP contribution >= 0.6 is 0 Å². The number of amides is 1. The molecule has 0 radical (unpaired) electrons. The van der Waals surface area contributed by atoms with E-state index in [9.17, 15) is 14.7 Å². The van der Waals surface area contributed by atoms with Gasteiger partial charge in [0.25, 0.3) is 5.91 Å². The van der Waals surface area contributed by atoms with E-state index in [2.05, 4.69) is 18.4 Å². The van der Waals surface area contributed by atoms with E-state index in [0.717, 1.165) is 11.4 Å². The lowest BCUT2D eigenvalue weighted by atomic mass is 9.76. The molecule has 0 spiro atoms. The fourth-order valence-corrected chi connectivity index (χ4v) is 3.86. The maximum atomic E-state index is 12.9. The smallest absolute Gasteiger partial charge is 0.311 e. The molecule has 23 heavy (non-hydrogen) atoms. The van der Waals surface area contributed by atoms with Crippen LogP contribution in [-0.4, -0.2) is 39.5 Å². The van der Waals surface area contributed by atoms with Gasteiger partial charge in [-0.1, -0.05) is 13.8 Å². The largest absolute Gasteiger partial charge is 0.481 e. The molecule has 1 aliphatic heterocycles. The maximum absolute atomic E-state index is 12.9. The summed E-state index contributed by atoms with van der Waals surface area (Å²) in [6.45, 7) is 12.8. The topological polar surface area (TPSA) is 62.5 Å². The van der Waals surface area contributed by atoms with Crippen LogP contribution in [-0.2, 0) is 4.79 Å². The Balaban J connectivity index is 2.30. The molecule has 0 aliphatic carbocycles. The Kier molecular flexibility index (Phi) is 4.60. The molecule has 2 heterocycles. The van der Waals surface area contributed by atoms with Crippen molar-refractivity contribution in [2.24, 2.45) is 11.3 Å². The van der Waals surface area contributed by atoms with Crippen LogP contribution in [0.2, 0.25) is 0 Å². The van der Waals surface area contributed by atoms with Gasteiger partial charge in [-0.25, -0.2) is 0 Å². The van der Waals surface area contributed by atoms with Crippen molar-refractivity contribution in [2.75, 3.05) is 13.1 Å². The minimum Gasteiger partial charge on any atom is -0.481 e. The van der Waals surface area contributed by atoms with Crippen LogP contribution in [0.4, 0.5) is 0 Å². The lowest BCUT2D eigenvalue weighted by Gasteiger charge is -2.28. The molecule has 1 aromatic rings. The Morgan fingerprint density at radius 2 is 1.83 bits per heavy atom. The second kappa shape index (κ2) is 6.02. The minimum atomic E-state index is -0.820. The molecule has 0 bridgehead atoms. The van der Waals surface area contributed by atoms with E-state index in [1.807, 2.05) is 33.8 Å². The van der Waals surface area contributed by atoms with Gasteiger partial charge in [0.1, 0.15) is 0 Å². The van der Waals surface area contributed by atoms with Gasteiger partial charge >= 0.3 is 5.97 Å². The Bertz CT molecular complexity index is 630. The van der Waals surface area contributed by atoms with Crippen molar-refractivity contribution in [3.63, 3.8) is 0 Å². The molecule has 0 aromatic carbocycles. The van der Waals surface area contributed by atoms with Crippen molar-refractivity contribution >= 4 is 11.9 Å². The van der Waals surface area contributed by atoms with E-state index in [0.29, 0.717) is 31.1 Å². The van der Waals surface area contributed by atoms with E-state index in [1.165, 1.54) is 0 Å². The number of carbonyl (C=O) groups excluding carboxylic acids is 1. The molecule has 1 saturated heterocycles. The Morgan fingerprint density at radius 3 is 2.22 bits per heavy atom. The Labute approximate surface area is 138 Å². The fourth-order valence-electron chi connectivity index (χ4n) is 3.86. The third-order valence-corrected chi connectivity index (χ3v) is 5.35. The van der Waals surface area contributed by atoms with E-state index in [4.69, 9.17) is 0 Å². The predicted molar refractivity (Wildman–Crippen MR) is 89.7 cm³/mol. The quantitative estimate of drug-likeness (QED) is 0.926. The number of likely N-dealkylation sites (tertiary alicyclic amines) is 1. The molecule has 0 saturated carbocycles. The number of aromatic nitrogens is 1. The molecular weight excluding hydrogens is 292 g/mol. The lowest BCUT2D eigenvalue weighted by Crippen LogP contribution is -2.40. The van der Waals surface area contributed by atoms with Gasteiger partial charge in [-0.3, -0.25) is 9.59 Å². The summed E-state index contributed by atoms with van der Waals surface area (Å²) in [6.07, 6.45) is 0.522. The number of carboxylic acid groups (broad SMARTS) is 1. The second-order valence-corrected chi connectivity index (χ2v) is 7.34. The SMILES string of the molecule is Cc1cc(C(=O)N2CCC(C(=O)O)(C(C)C)C2)c(C)n1C(C)C. The van der Waals surface area contributed by atoms with E-state index in [1.54, 1.807) is 4.90 Å². The third kappa shape index (κ3) is 2.77. The zero-order valence-corrected chi connectivity index (χ0v) is 15.0. The second-order valence-electron chi connectivity index (χ2n) is 7.34. The molecule has 1 amide bonds. The highest BCUT2D eigenvalue weighted by Crippen LogP contribution is 2.39.